The predicted octanol–water partition coefficient (Wildman–Crippen LogP) is 3.49. The SMILES string of the molecule is COc1cc(NS(=O)(=O)c2ccccc2)c(OC)cc1NC(=O)C(C)(C)C. The molecule has 27 heavy (non-hydrogen) atoms. The van der Waals surface area contributed by atoms with Crippen LogP contribution in [0.2, 0.25) is 0 Å². The molecule has 0 heterocycles. The number of amides is 1. The number of benzene rings is 2. The van der Waals surface area contributed by atoms with Crippen molar-refractivity contribution in [1.82, 2.24) is 0 Å². The molecule has 0 atom stereocenters. The summed E-state index contributed by atoms with van der Waals surface area (Å²) in [5, 5.41) is 2.78. The summed E-state index contributed by atoms with van der Waals surface area (Å²) in [7, 11) is -0.954. The number of rotatable bonds is 6. The summed E-state index contributed by atoms with van der Waals surface area (Å²) in [5.41, 5.74) is -0.0184. The van der Waals surface area contributed by atoms with E-state index in [1.54, 1.807) is 39.0 Å². The summed E-state index contributed by atoms with van der Waals surface area (Å²) >= 11 is 0. The Kier molecular flexibility index (Phi) is 6.00. The molecule has 0 saturated heterocycles. The second kappa shape index (κ2) is 7.87. The molecule has 0 bridgehead atoms. The van der Waals surface area contributed by atoms with Crippen molar-refractivity contribution in [1.29, 1.82) is 0 Å². The summed E-state index contributed by atoms with van der Waals surface area (Å²) in [4.78, 5) is 12.4. The topological polar surface area (TPSA) is 93.7 Å². The molecule has 0 aliphatic carbocycles. The number of carbonyl (C=O) groups is 1. The molecule has 0 radical (unpaired) electrons. The van der Waals surface area contributed by atoms with E-state index in [1.165, 1.54) is 38.5 Å². The number of anilines is 2. The standard InChI is InChI=1S/C19H24N2O5S/c1-19(2,3)18(22)20-14-11-17(26-5)15(12-16(14)25-4)21-27(23,24)13-9-7-6-8-10-13/h6-12,21H,1-5H3,(H,20,22). The Hall–Kier alpha value is -2.74. The van der Waals surface area contributed by atoms with Gasteiger partial charge < -0.3 is 14.8 Å². The fourth-order valence-electron chi connectivity index (χ4n) is 2.19. The summed E-state index contributed by atoms with van der Waals surface area (Å²) in [6.45, 7) is 5.36. The molecule has 0 spiro atoms. The Morgan fingerprint density at radius 2 is 1.44 bits per heavy atom. The summed E-state index contributed by atoms with van der Waals surface area (Å²) in [5.74, 6) is 0.346. The second-order valence-corrected chi connectivity index (χ2v) is 8.56. The van der Waals surface area contributed by atoms with Crippen molar-refractivity contribution in [2.24, 2.45) is 5.41 Å². The maximum atomic E-state index is 12.6. The number of carbonyl (C=O) groups excluding carboxylic acids is 1. The zero-order chi connectivity index (χ0) is 20.2. The Morgan fingerprint density at radius 3 is 1.96 bits per heavy atom. The van der Waals surface area contributed by atoms with Crippen LogP contribution in [-0.2, 0) is 14.8 Å². The number of ether oxygens (including phenoxy) is 2. The van der Waals surface area contributed by atoms with Gasteiger partial charge in [-0.1, -0.05) is 39.0 Å². The molecule has 8 heteroatoms. The van der Waals surface area contributed by atoms with Crippen molar-refractivity contribution in [2.75, 3.05) is 24.3 Å². The van der Waals surface area contributed by atoms with Gasteiger partial charge in [-0.3, -0.25) is 9.52 Å². The van der Waals surface area contributed by atoms with E-state index in [4.69, 9.17) is 9.47 Å². The monoisotopic (exact) mass is 392 g/mol. The molecule has 7 nitrogen and oxygen atoms in total. The molecule has 146 valence electrons. The van der Waals surface area contributed by atoms with Crippen LogP contribution in [0.5, 0.6) is 11.5 Å². The Labute approximate surface area is 159 Å². The summed E-state index contributed by atoms with van der Waals surface area (Å²) in [6, 6.07) is 11.0. The Morgan fingerprint density at radius 1 is 0.926 bits per heavy atom. The van der Waals surface area contributed by atoms with Crippen LogP contribution in [0.3, 0.4) is 0 Å². The third-order valence-corrected chi connectivity index (χ3v) is 5.13. The third-order valence-electron chi connectivity index (χ3n) is 3.75. The van der Waals surface area contributed by atoms with Gasteiger partial charge in [0.05, 0.1) is 30.5 Å². The zero-order valence-electron chi connectivity index (χ0n) is 16.0. The van der Waals surface area contributed by atoms with Gasteiger partial charge in [0, 0.05) is 17.5 Å². The first-order valence-corrected chi connectivity index (χ1v) is 9.72. The minimum Gasteiger partial charge on any atom is -0.494 e. The molecule has 1 amide bonds. The van der Waals surface area contributed by atoms with E-state index in [2.05, 4.69) is 10.0 Å². The van der Waals surface area contributed by atoms with Gasteiger partial charge >= 0.3 is 0 Å². The molecule has 2 aromatic rings. The molecule has 0 aromatic heterocycles. The quantitative estimate of drug-likeness (QED) is 0.785. The molecular weight excluding hydrogens is 368 g/mol. The van der Waals surface area contributed by atoms with Crippen molar-refractivity contribution in [3.8, 4) is 11.5 Å². The van der Waals surface area contributed by atoms with Gasteiger partial charge in [0.25, 0.3) is 10.0 Å². The lowest BCUT2D eigenvalue weighted by atomic mass is 9.95. The highest BCUT2D eigenvalue weighted by Gasteiger charge is 2.24. The minimum atomic E-state index is -3.80. The second-order valence-electron chi connectivity index (χ2n) is 6.88. The van der Waals surface area contributed by atoms with Crippen LogP contribution >= 0.6 is 0 Å². The lowest BCUT2D eigenvalue weighted by Crippen LogP contribution is -2.27. The highest BCUT2D eigenvalue weighted by atomic mass is 32.2. The largest absolute Gasteiger partial charge is 0.494 e. The van der Waals surface area contributed by atoms with E-state index in [0.717, 1.165) is 0 Å². The van der Waals surface area contributed by atoms with Crippen LogP contribution in [0.4, 0.5) is 11.4 Å². The minimum absolute atomic E-state index is 0.121. The fraction of sp³-hybridized carbons (Fsp3) is 0.316. The normalized spacial score (nSPS) is 11.6. The van der Waals surface area contributed by atoms with Gasteiger partial charge in [-0.25, -0.2) is 8.42 Å². The number of hydrogen-bond donors (Lipinski definition) is 2. The smallest absolute Gasteiger partial charge is 0.262 e. The van der Waals surface area contributed by atoms with Gasteiger partial charge in [-0.2, -0.15) is 0 Å². The van der Waals surface area contributed by atoms with E-state index >= 15 is 0 Å². The van der Waals surface area contributed by atoms with Gasteiger partial charge in [0.2, 0.25) is 5.91 Å². The van der Waals surface area contributed by atoms with Crippen molar-refractivity contribution < 1.29 is 22.7 Å². The van der Waals surface area contributed by atoms with E-state index in [-0.39, 0.29) is 22.2 Å². The van der Waals surface area contributed by atoms with Crippen LogP contribution in [0, 0.1) is 5.41 Å². The molecule has 0 aliphatic heterocycles. The van der Waals surface area contributed by atoms with Crippen LogP contribution in [-0.4, -0.2) is 28.5 Å². The van der Waals surface area contributed by atoms with Gasteiger partial charge in [0.15, 0.2) is 0 Å². The van der Waals surface area contributed by atoms with Gasteiger partial charge in [-0.15, -0.1) is 0 Å². The summed E-state index contributed by atoms with van der Waals surface area (Å²) < 4.78 is 38.3. The molecule has 2 N–H and O–H groups in total. The highest BCUT2D eigenvalue weighted by molar-refractivity contribution is 7.92. The molecule has 2 aromatic carbocycles. The molecule has 0 fully saturated rings. The summed E-state index contributed by atoms with van der Waals surface area (Å²) in [6.07, 6.45) is 0. The van der Waals surface area contributed by atoms with Crippen LogP contribution in [0.25, 0.3) is 0 Å². The van der Waals surface area contributed by atoms with Crippen LogP contribution in [0.1, 0.15) is 20.8 Å². The highest BCUT2D eigenvalue weighted by Crippen LogP contribution is 2.38. The molecule has 0 saturated carbocycles. The molecule has 0 aliphatic rings. The average molecular weight is 392 g/mol. The van der Waals surface area contributed by atoms with E-state index < -0.39 is 15.4 Å². The van der Waals surface area contributed by atoms with Crippen molar-refractivity contribution >= 4 is 27.3 Å². The van der Waals surface area contributed by atoms with Crippen molar-refractivity contribution in [3.63, 3.8) is 0 Å². The van der Waals surface area contributed by atoms with Gasteiger partial charge in [-0.05, 0) is 12.1 Å². The average Bonchev–Trinajstić information content (AvgIpc) is 2.62. The van der Waals surface area contributed by atoms with Crippen molar-refractivity contribution in [3.05, 3.63) is 42.5 Å². The fourth-order valence-corrected chi connectivity index (χ4v) is 3.27. The lowest BCUT2D eigenvalue weighted by molar-refractivity contribution is -0.123. The third kappa shape index (κ3) is 4.91. The van der Waals surface area contributed by atoms with E-state index in [1.807, 2.05) is 0 Å². The number of sulfonamides is 1. The molecule has 2 rings (SSSR count). The molecular formula is C19H24N2O5S. The lowest BCUT2D eigenvalue weighted by Gasteiger charge is -2.21. The first-order valence-electron chi connectivity index (χ1n) is 8.24. The predicted molar refractivity (Wildman–Crippen MR) is 105 cm³/mol. The van der Waals surface area contributed by atoms with E-state index in [0.29, 0.717) is 11.4 Å². The Bertz CT molecular complexity index is 919. The zero-order valence-corrected chi connectivity index (χ0v) is 16.8. The van der Waals surface area contributed by atoms with Crippen LogP contribution < -0.4 is 19.5 Å². The van der Waals surface area contributed by atoms with E-state index in [9.17, 15) is 13.2 Å². The number of hydrogen-bond acceptors (Lipinski definition) is 5. The van der Waals surface area contributed by atoms with Crippen LogP contribution in [0.15, 0.2) is 47.4 Å². The van der Waals surface area contributed by atoms with Crippen molar-refractivity contribution in [2.45, 2.75) is 25.7 Å². The maximum Gasteiger partial charge on any atom is 0.262 e. The number of methoxy groups -OCH3 is 2. The first kappa shape index (κ1) is 20.6. The maximum absolute atomic E-state index is 12.6. The Balaban J connectivity index is 2.42. The number of nitrogens with one attached hydrogen (secondary N) is 2. The first-order chi connectivity index (χ1) is 12.6. The molecule has 0 unspecified atom stereocenters. The van der Waals surface area contributed by atoms with Gasteiger partial charge in [0.1, 0.15) is 11.5 Å².